The van der Waals surface area contributed by atoms with E-state index in [0.29, 0.717) is 5.75 Å². The number of hydrogen-bond acceptors (Lipinski definition) is 5. The summed E-state index contributed by atoms with van der Waals surface area (Å²) in [5, 5.41) is 18.3. The topological polar surface area (TPSA) is 63.7 Å². The summed E-state index contributed by atoms with van der Waals surface area (Å²) in [6.45, 7) is 0.756. The van der Waals surface area contributed by atoms with Crippen molar-refractivity contribution in [3.63, 3.8) is 0 Å². The average molecular weight is 350 g/mol. The van der Waals surface area contributed by atoms with Crippen LogP contribution in [0.5, 0.6) is 5.75 Å². The number of aromatic nitrogens is 3. The van der Waals surface area contributed by atoms with Crippen molar-refractivity contribution in [3.05, 3.63) is 60.2 Å². The van der Waals surface area contributed by atoms with Crippen molar-refractivity contribution in [2.45, 2.75) is 18.1 Å². The Kier molecular flexibility index (Phi) is 5.70. The second-order valence-electron chi connectivity index (χ2n) is 5.37. The summed E-state index contributed by atoms with van der Waals surface area (Å²) in [5.74, 6) is 1.96. The molecule has 0 atom stereocenters. The van der Waals surface area contributed by atoms with E-state index >= 15 is 0 Å². The zero-order chi connectivity index (χ0) is 17.5. The summed E-state index contributed by atoms with van der Waals surface area (Å²) < 4.78 is 7.30. The van der Waals surface area contributed by atoms with E-state index in [1.165, 1.54) is 17.3 Å². The van der Waals surface area contributed by atoms with Gasteiger partial charge in [0.2, 0.25) is 0 Å². The molecule has 0 unspecified atom stereocenters. The molecule has 0 saturated carbocycles. The average Bonchev–Trinajstić information content (AvgIpc) is 3.08. The van der Waals surface area contributed by atoms with Crippen LogP contribution in [-0.2, 0) is 13.0 Å². The van der Waals surface area contributed by atoms with E-state index in [2.05, 4.69) is 33.0 Å². The fourth-order valence-corrected chi connectivity index (χ4v) is 3.16. The van der Waals surface area contributed by atoms with Crippen LogP contribution in [0.25, 0.3) is 11.4 Å². The van der Waals surface area contributed by atoms with Gasteiger partial charge in [-0.1, -0.05) is 42.1 Å². The third-order valence-corrected chi connectivity index (χ3v) is 4.63. The molecule has 3 rings (SSSR count). The largest absolute Gasteiger partial charge is 0.497 e. The zero-order valence-electron chi connectivity index (χ0n) is 13.9. The molecule has 0 aliphatic heterocycles. The van der Waals surface area contributed by atoms with Crippen LogP contribution in [0.2, 0.25) is 0 Å². The van der Waals surface area contributed by atoms with Crippen LogP contribution in [0, 0.1) is 11.3 Å². The number of thioether (sulfide) groups is 1. The molecule has 0 saturated heterocycles. The molecule has 0 spiro atoms. The van der Waals surface area contributed by atoms with E-state index in [0.717, 1.165) is 35.3 Å². The summed E-state index contributed by atoms with van der Waals surface area (Å²) in [4.78, 5) is 0. The van der Waals surface area contributed by atoms with Gasteiger partial charge in [0.05, 0.1) is 18.9 Å². The smallest absolute Gasteiger partial charge is 0.192 e. The van der Waals surface area contributed by atoms with E-state index in [1.54, 1.807) is 7.11 Å². The maximum absolute atomic E-state index is 8.87. The molecule has 5 nitrogen and oxygen atoms in total. The Morgan fingerprint density at radius 2 is 1.84 bits per heavy atom. The van der Waals surface area contributed by atoms with Gasteiger partial charge in [-0.05, 0) is 36.2 Å². The van der Waals surface area contributed by atoms with Gasteiger partial charge in [0.1, 0.15) is 5.75 Å². The van der Waals surface area contributed by atoms with Crippen molar-refractivity contribution in [1.82, 2.24) is 14.8 Å². The van der Waals surface area contributed by atoms with Crippen LogP contribution in [0.4, 0.5) is 0 Å². The molecule has 1 aromatic heterocycles. The minimum atomic E-state index is 0.353. The minimum absolute atomic E-state index is 0.353. The second kappa shape index (κ2) is 8.36. The molecule has 0 aliphatic rings. The van der Waals surface area contributed by atoms with Crippen molar-refractivity contribution in [2.24, 2.45) is 0 Å². The van der Waals surface area contributed by atoms with E-state index in [9.17, 15) is 0 Å². The van der Waals surface area contributed by atoms with Crippen LogP contribution in [-0.4, -0.2) is 27.6 Å². The summed E-state index contributed by atoms with van der Waals surface area (Å²) in [6, 6.07) is 20.2. The Balaban J connectivity index is 1.88. The number of rotatable bonds is 7. The van der Waals surface area contributed by atoms with Crippen molar-refractivity contribution in [2.75, 3.05) is 12.9 Å². The number of ether oxygens (including phenoxy) is 1. The first kappa shape index (κ1) is 17.1. The van der Waals surface area contributed by atoms with Gasteiger partial charge in [-0.25, -0.2) is 0 Å². The molecule has 6 heteroatoms. The summed E-state index contributed by atoms with van der Waals surface area (Å²) >= 11 is 1.41. The fourth-order valence-electron chi connectivity index (χ4n) is 2.53. The Morgan fingerprint density at radius 1 is 1.08 bits per heavy atom. The van der Waals surface area contributed by atoms with E-state index in [1.807, 2.05) is 42.5 Å². The van der Waals surface area contributed by atoms with Crippen LogP contribution in [0.1, 0.15) is 5.56 Å². The molecule has 2 aromatic carbocycles. The molecule has 0 radical (unpaired) electrons. The highest BCUT2D eigenvalue weighted by Crippen LogP contribution is 2.26. The fraction of sp³-hybridized carbons (Fsp3) is 0.211. The maximum atomic E-state index is 8.87. The molecule has 25 heavy (non-hydrogen) atoms. The highest BCUT2D eigenvalue weighted by molar-refractivity contribution is 7.99. The van der Waals surface area contributed by atoms with Crippen LogP contribution >= 0.6 is 11.8 Å². The number of benzene rings is 2. The first-order valence-electron chi connectivity index (χ1n) is 7.93. The predicted molar refractivity (Wildman–Crippen MR) is 98.5 cm³/mol. The molecule has 1 heterocycles. The third kappa shape index (κ3) is 4.20. The first-order valence-corrected chi connectivity index (χ1v) is 8.91. The Labute approximate surface area is 151 Å². The summed E-state index contributed by atoms with van der Waals surface area (Å²) in [6.07, 6.45) is 0.877. The van der Waals surface area contributed by atoms with E-state index in [-0.39, 0.29) is 0 Å². The molecule has 0 amide bonds. The van der Waals surface area contributed by atoms with Gasteiger partial charge in [-0.15, -0.1) is 10.2 Å². The van der Waals surface area contributed by atoms with Crippen molar-refractivity contribution in [3.8, 4) is 23.2 Å². The van der Waals surface area contributed by atoms with Crippen molar-refractivity contribution < 1.29 is 4.74 Å². The minimum Gasteiger partial charge on any atom is -0.497 e. The first-order chi connectivity index (χ1) is 12.3. The van der Waals surface area contributed by atoms with E-state index in [4.69, 9.17) is 10.00 Å². The second-order valence-corrected chi connectivity index (χ2v) is 6.31. The van der Waals surface area contributed by atoms with Crippen LogP contribution < -0.4 is 4.74 Å². The lowest BCUT2D eigenvalue weighted by Crippen LogP contribution is -2.05. The predicted octanol–water partition coefficient (Wildman–Crippen LogP) is 3.81. The molecule has 126 valence electrons. The number of nitriles is 1. The molecule has 0 N–H and O–H groups in total. The maximum Gasteiger partial charge on any atom is 0.192 e. The Morgan fingerprint density at radius 3 is 2.52 bits per heavy atom. The van der Waals surface area contributed by atoms with Gasteiger partial charge in [0.25, 0.3) is 0 Å². The number of methoxy groups -OCH3 is 1. The Hall–Kier alpha value is -2.78. The SMILES string of the molecule is COc1ccc(-c2nnc(SCC#N)n2CCc2ccccc2)cc1. The standard InChI is InChI=1S/C19H18N4OS/c1-24-17-9-7-16(8-10-17)18-21-22-19(25-14-12-20)23(18)13-11-15-5-3-2-4-6-15/h2-10H,11,13-14H2,1H3. The number of hydrogen-bond donors (Lipinski definition) is 0. The lowest BCUT2D eigenvalue weighted by atomic mass is 10.1. The molecule has 0 aliphatic carbocycles. The van der Waals surface area contributed by atoms with Crippen LogP contribution in [0.15, 0.2) is 59.8 Å². The lowest BCUT2D eigenvalue weighted by Gasteiger charge is -2.10. The van der Waals surface area contributed by atoms with E-state index < -0.39 is 0 Å². The lowest BCUT2D eigenvalue weighted by molar-refractivity contribution is 0.415. The Bertz CT molecular complexity index is 853. The molecular weight excluding hydrogens is 332 g/mol. The quantitative estimate of drug-likeness (QED) is 0.606. The molecule has 3 aromatic rings. The normalized spacial score (nSPS) is 10.4. The van der Waals surface area contributed by atoms with Gasteiger partial charge in [-0.3, -0.25) is 0 Å². The number of aryl methyl sites for hydroxylation is 1. The molecule has 0 fully saturated rings. The summed E-state index contributed by atoms with van der Waals surface area (Å²) in [7, 11) is 1.65. The molecule has 0 bridgehead atoms. The van der Waals surface area contributed by atoms with Gasteiger partial charge in [-0.2, -0.15) is 5.26 Å². The van der Waals surface area contributed by atoms with Gasteiger partial charge in [0, 0.05) is 12.1 Å². The van der Waals surface area contributed by atoms with Gasteiger partial charge in [0.15, 0.2) is 11.0 Å². The summed E-state index contributed by atoms with van der Waals surface area (Å²) in [5.41, 5.74) is 2.23. The van der Waals surface area contributed by atoms with Gasteiger partial charge < -0.3 is 9.30 Å². The number of nitrogens with zero attached hydrogens (tertiary/aromatic N) is 4. The zero-order valence-corrected chi connectivity index (χ0v) is 14.7. The van der Waals surface area contributed by atoms with Gasteiger partial charge >= 0.3 is 0 Å². The highest BCUT2D eigenvalue weighted by atomic mass is 32.2. The van der Waals surface area contributed by atoms with Crippen molar-refractivity contribution in [1.29, 1.82) is 5.26 Å². The highest BCUT2D eigenvalue weighted by Gasteiger charge is 2.14. The molecular formula is C19H18N4OS. The van der Waals surface area contributed by atoms with Crippen molar-refractivity contribution >= 4 is 11.8 Å². The monoisotopic (exact) mass is 350 g/mol. The third-order valence-electron chi connectivity index (χ3n) is 3.80. The van der Waals surface area contributed by atoms with Crippen LogP contribution in [0.3, 0.4) is 0 Å².